The van der Waals surface area contributed by atoms with Gasteiger partial charge in [0.1, 0.15) is 5.54 Å². The second kappa shape index (κ2) is 12.3. The van der Waals surface area contributed by atoms with Crippen molar-refractivity contribution in [3.05, 3.63) is 0 Å². The van der Waals surface area contributed by atoms with Crippen LogP contribution in [0.5, 0.6) is 0 Å². The number of carbonyl (C=O) groups is 1. The van der Waals surface area contributed by atoms with Crippen LogP contribution in [0.3, 0.4) is 0 Å². The zero-order valence-electron chi connectivity index (χ0n) is 13.3. The van der Waals surface area contributed by atoms with Gasteiger partial charge >= 0.3 is 13.1 Å². The first-order valence-corrected chi connectivity index (χ1v) is 7.62. The van der Waals surface area contributed by atoms with Crippen LogP contribution < -0.4 is 5.73 Å². The lowest BCUT2D eigenvalue weighted by molar-refractivity contribution is -0.144. The Morgan fingerprint density at radius 1 is 1.17 bits per heavy atom. The molecule has 0 spiro atoms. The molecule has 1 unspecified atom stereocenters. The summed E-state index contributed by atoms with van der Waals surface area (Å²) >= 11 is 0. The predicted molar refractivity (Wildman–Crippen MR) is 94.2 cm³/mol. The smallest absolute Gasteiger partial charge is 0.451 e. The first-order chi connectivity index (χ1) is 9.83. The third-order valence-electron chi connectivity index (χ3n) is 4.19. The van der Waals surface area contributed by atoms with Gasteiger partial charge in [0.25, 0.3) is 0 Å². The number of carboxylic acids is 1. The summed E-state index contributed by atoms with van der Waals surface area (Å²) in [6.45, 7) is 2.15. The van der Waals surface area contributed by atoms with Crippen molar-refractivity contribution in [2.45, 2.75) is 56.5 Å². The number of halogens is 2. The lowest BCUT2D eigenvalue weighted by Crippen LogP contribution is -2.50. The highest BCUT2D eigenvalue weighted by molar-refractivity contribution is 6.40. The molecule has 1 aliphatic rings. The number of piperidine rings is 1. The topological polar surface area (TPSA) is 127 Å². The monoisotopic (exact) mass is 374 g/mol. The molecule has 0 aromatic heterocycles. The number of hydrogen-bond donors (Lipinski definition) is 5. The molecule has 7 nitrogen and oxygen atoms in total. The fraction of sp³-hybridized carbons (Fsp3) is 0.923. The standard InChI is InChI=1S/C13H27BN2O5.2ClH/c15-13(12(18)19,5-1-2-7-14(20)21)6-10-16-8-3-11(17)4-9-16;;/h11,17,20-21H,1-10,15H2,(H,18,19);2*1H. The number of aliphatic hydroxyl groups is 1. The predicted octanol–water partition coefficient (Wildman–Crippen LogP) is 0.102. The van der Waals surface area contributed by atoms with Crippen LogP contribution in [0, 0.1) is 0 Å². The molecular formula is C13H29BCl2N2O5. The Kier molecular flexibility index (Phi) is 13.5. The van der Waals surface area contributed by atoms with Crippen LogP contribution in [0.4, 0.5) is 0 Å². The van der Waals surface area contributed by atoms with E-state index >= 15 is 0 Å². The Hall–Kier alpha value is -0.0851. The summed E-state index contributed by atoms with van der Waals surface area (Å²) < 4.78 is 0. The van der Waals surface area contributed by atoms with Gasteiger partial charge in [-0.3, -0.25) is 4.79 Å². The van der Waals surface area contributed by atoms with E-state index in [1.54, 1.807) is 0 Å². The molecule has 1 fully saturated rings. The Labute approximate surface area is 150 Å². The Morgan fingerprint density at radius 3 is 2.22 bits per heavy atom. The highest BCUT2D eigenvalue weighted by Gasteiger charge is 2.34. The molecule has 138 valence electrons. The molecule has 0 aromatic rings. The molecule has 10 heteroatoms. The molecule has 1 saturated heterocycles. The van der Waals surface area contributed by atoms with Gasteiger partial charge in [0, 0.05) is 19.6 Å². The number of carboxylic acid groups (broad SMARTS) is 1. The molecule has 0 bridgehead atoms. The van der Waals surface area contributed by atoms with E-state index < -0.39 is 18.6 Å². The minimum atomic E-state index is -1.35. The molecule has 0 amide bonds. The zero-order valence-corrected chi connectivity index (χ0v) is 14.9. The highest BCUT2D eigenvalue weighted by Crippen LogP contribution is 2.19. The largest absolute Gasteiger partial charge is 0.480 e. The van der Waals surface area contributed by atoms with Crippen LogP contribution in [-0.4, -0.2) is 69.5 Å². The maximum Gasteiger partial charge on any atom is 0.451 e. The van der Waals surface area contributed by atoms with Gasteiger partial charge in [-0.25, -0.2) is 0 Å². The third kappa shape index (κ3) is 9.71. The van der Waals surface area contributed by atoms with Crippen molar-refractivity contribution < 1.29 is 25.1 Å². The van der Waals surface area contributed by atoms with Crippen molar-refractivity contribution in [1.29, 1.82) is 0 Å². The number of nitrogens with two attached hydrogens (primary N) is 1. The van der Waals surface area contributed by atoms with Crippen LogP contribution in [0.15, 0.2) is 0 Å². The van der Waals surface area contributed by atoms with Gasteiger partial charge in [0.05, 0.1) is 6.10 Å². The SMILES string of the molecule is Cl.Cl.NC(CCCCB(O)O)(CCN1CCC(O)CC1)C(=O)O. The van der Waals surface area contributed by atoms with Gasteiger partial charge in [-0.2, -0.15) is 0 Å². The van der Waals surface area contributed by atoms with Gasteiger partial charge in [-0.1, -0.05) is 12.8 Å². The van der Waals surface area contributed by atoms with Crippen LogP contribution in [0.2, 0.25) is 6.32 Å². The van der Waals surface area contributed by atoms with E-state index in [1.165, 1.54) is 0 Å². The Morgan fingerprint density at radius 2 is 1.74 bits per heavy atom. The maximum absolute atomic E-state index is 11.4. The van der Waals surface area contributed by atoms with Crippen LogP contribution in [-0.2, 0) is 4.79 Å². The summed E-state index contributed by atoms with van der Waals surface area (Å²) in [7, 11) is -1.35. The van der Waals surface area contributed by atoms with Crippen molar-refractivity contribution in [2.24, 2.45) is 5.73 Å². The highest BCUT2D eigenvalue weighted by atomic mass is 35.5. The molecule has 0 saturated carbocycles. The Bertz CT molecular complexity index is 333. The second-order valence-corrected chi connectivity index (χ2v) is 6.01. The Balaban J connectivity index is 0. The minimum Gasteiger partial charge on any atom is -0.480 e. The van der Waals surface area contributed by atoms with E-state index in [2.05, 4.69) is 4.90 Å². The molecular weight excluding hydrogens is 346 g/mol. The molecule has 23 heavy (non-hydrogen) atoms. The van der Waals surface area contributed by atoms with E-state index in [0.29, 0.717) is 32.2 Å². The third-order valence-corrected chi connectivity index (χ3v) is 4.19. The van der Waals surface area contributed by atoms with E-state index in [-0.39, 0.29) is 37.2 Å². The summed E-state index contributed by atoms with van der Waals surface area (Å²) in [4.78, 5) is 13.5. The van der Waals surface area contributed by atoms with Crippen molar-refractivity contribution >= 4 is 37.9 Å². The first kappa shape index (κ1) is 25.2. The molecule has 0 aliphatic carbocycles. The first-order valence-electron chi connectivity index (χ1n) is 7.62. The van der Waals surface area contributed by atoms with E-state index in [1.807, 2.05) is 0 Å². The van der Waals surface area contributed by atoms with Crippen LogP contribution in [0.25, 0.3) is 0 Å². The van der Waals surface area contributed by atoms with Crippen LogP contribution >= 0.6 is 24.8 Å². The molecule has 1 atom stereocenters. The summed E-state index contributed by atoms with van der Waals surface area (Å²) in [5.41, 5.74) is 4.73. The van der Waals surface area contributed by atoms with E-state index in [4.69, 9.17) is 15.8 Å². The van der Waals surface area contributed by atoms with E-state index in [9.17, 15) is 15.0 Å². The number of hydrogen-bond acceptors (Lipinski definition) is 6. The van der Waals surface area contributed by atoms with Crippen LogP contribution in [0.1, 0.15) is 38.5 Å². The number of nitrogens with zero attached hydrogens (tertiary/aromatic N) is 1. The average molecular weight is 375 g/mol. The lowest BCUT2D eigenvalue weighted by atomic mass is 9.81. The average Bonchev–Trinajstić information content (AvgIpc) is 2.42. The fourth-order valence-corrected chi connectivity index (χ4v) is 2.61. The van der Waals surface area contributed by atoms with Crippen molar-refractivity contribution in [1.82, 2.24) is 4.90 Å². The number of unbranched alkanes of at least 4 members (excludes halogenated alkanes) is 1. The number of rotatable bonds is 9. The maximum atomic E-state index is 11.4. The van der Waals surface area contributed by atoms with E-state index in [0.717, 1.165) is 25.9 Å². The summed E-state index contributed by atoms with van der Waals surface area (Å²) in [6.07, 6.45) is 3.22. The molecule has 0 aromatic carbocycles. The number of likely N-dealkylation sites (tertiary alicyclic amines) is 1. The van der Waals surface area contributed by atoms with Crippen molar-refractivity contribution in [2.75, 3.05) is 19.6 Å². The van der Waals surface area contributed by atoms with Gasteiger partial charge < -0.3 is 30.9 Å². The molecule has 6 N–H and O–H groups in total. The van der Waals surface area contributed by atoms with Crippen molar-refractivity contribution in [3.63, 3.8) is 0 Å². The van der Waals surface area contributed by atoms with Gasteiger partial charge in [-0.05, 0) is 32.0 Å². The zero-order chi connectivity index (χ0) is 15.9. The summed E-state index contributed by atoms with van der Waals surface area (Å²) in [5.74, 6) is -1.01. The lowest BCUT2D eigenvalue weighted by Gasteiger charge is -2.32. The number of aliphatic hydroxyl groups excluding tert-OH is 1. The molecule has 0 radical (unpaired) electrons. The quantitative estimate of drug-likeness (QED) is 0.286. The second-order valence-electron chi connectivity index (χ2n) is 6.01. The van der Waals surface area contributed by atoms with Crippen molar-refractivity contribution in [3.8, 4) is 0 Å². The summed E-state index contributed by atoms with van der Waals surface area (Å²) in [6, 6.07) is 0. The fourth-order valence-electron chi connectivity index (χ4n) is 2.61. The number of aliphatic carboxylic acids is 1. The minimum absolute atomic E-state index is 0. The molecule has 1 heterocycles. The molecule has 1 rings (SSSR count). The molecule has 1 aliphatic heterocycles. The summed E-state index contributed by atoms with van der Waals surface area (Å²) in [5, 5.41) is 36.3. The normalized spacial score (nSPS) is 18.4. The van der Waals surface area contributed by atoms with Gasteiger partial charge in [-0.15, -0.1) is 24.8 Å². The van der Waals surface area contributed by atoms with Gasteiger partial charge in [0.15, 0.2) is 0 Å². The van der Waals surface area contributed by atoms with Gasteiger partial charge in [0.2, 0.25) is 0 Å².